The SMILES string of the molecule is Cc1nn(CC(=O)N2CCCC[C@@H]2C)cc1Cl. The van der Waals surface area contributed by atoms with E-state index in [2.05, 4.69) is 12.0 Å². The van der Waals surface area contributed by atoms with Crippen molar-refractivity contribution >= 4 is 17.5 Å². The highest BCUT2D eigenvalue weighted by Gasteiger charge is 2.23. The van der Waals surface area contributed by atoms with Crippen molar-refractivity contribution in [2.75, 3.05) is 6.54 Å². The Bertz CT molecular complexity index is 396. The van der Waals surface area contributed by atoms with Crippen molar-refractivity contribution in [1.82, 2.24) is 14.7 Å². The van der Waals surface area contributed by atoms with E-state index in [-0.39, 0.29) is 12.5 Å². The van der Waals surface area contributed by atoms with Crippen molar-refractivity contribution in [2.45, 2.75) is 45.7 Å². The molecule has 4 nitrogen and oxygen atoms in total. The van der Waals surface area contributed by atoms with Crippen LogP contribution in [0.5, 0.6) is 0 Å². The number of piperidine rings is 1. The minimum Gasteiger partial charge on any atom is -0.338 e. The molecule has 2 rings (SSSR count). The number of aryl methyl sites for hydroxylation is 1. The lowest BCUT2D eigenvalue weighted by Crippen LogP contribution is -2.43. The van der Waals surface area contributed by atoms with E-state index in [0.29, 0.717) is 11.1 Å². The van der Waals surface area contributed by atoms with E-state index in [1.165, 1.54) is 6.42 Å². The van der Waals surface area contributed by atoms with Crippen molar-refractivity contribution in [3.8, 4) is 0 Å². The van der Waals surface area contributed by atoms with Gasteiger partial charge >= 0.3 is 0 Å². The van der Waals surface area contributed by atoms with Gasteiger partial charge in [0.1, 0.15) is 6.54 Å². The fourth-order valence-electron chi connectivity index (χ4n) is 2.27. The third-order valence-electron chi connectivity index (χ3n) is 3.31. The van der Waals surface area contributed by atoms with E-state index in [1.54, 1.807) is 10.9 Å². The average Bonchev–Trinajstić information content (AvgIpc) is 2.58. The Morgan fingerprint density at radius 2 is 2.35 bits per heavy atom. The normalized spacial score (nSPS) is 20.6. The van der Waals surface area contributed by atoms with E-state index in [9.17, 15) is 4.79 Å². The lowest BCUT2D eigenvalue weighted by molar-refractivity contribution is -0.135. The number of hydrogen-bond acceptors (Lipinski definition) is 2. The van der Waals surface area contributed by atoms with Gasteiger partial charge in [0.15, 0.2) is 0 Å². The summed E-state index contributed by atoms with van der Waals surface area (Å²) in [5, 5.41) is 4.82. The average molecular weight is 256 g/mol. The molecule has 1 amide bonds. The molecule has 1 saturated heterocycles. The first kappa shape index (κ1) is 12.4. The van der Waals surface area contributed by atoms with Gasteiger partial charge in [0.05, 0.1) is 10.7 Å². The number of amides is 1. The highest BCUT2D eigenvalue weighted by atomic mass is 35.5. The second kappa shape index (κ2) is 5.08. The molecular formula is C12H18ClN3O. The Kier molecular flexibility index (Phi) is 3.72. The van der Waals surface area contributed by atoms with E-state index >= 15 is 0 Å². The molecule has 2 heterocycles. The summed E-state index contributed by atoms with van der Waals surface area (Å²) in [6.07, 6.45) is 5.14. The van der Waals surface area contributed by atoms with E-state index < -0.39 is 0 Å². The number of halogens is 1. The molecule has 1 fully saturated rings. The highest BCUT2D eigenvalue weighted by Crippen LogP contribution is 2.17. The maximum Gasteiger partial charge on any atom is 0.244 e. The van der Waals surface area contributed by atoms with Gasteiger partial charge in [-0.25, -0.2) is 0 Å². The fourth-order valence-corrected chi connectivity index (χ4v) is 2.42. The van der Waals surface area contributed by atoms with Gasteiger partial charge in [-0.05, 0) is 33.1 Å². The zero-order valence-electron chi connectivity index (χ0n) is 10.3. The summed E-state index contributed by atoms with van der Waals surface area (Å²) in [4.78, 5) is 14.1. The Morgan fingerprint density at radius 3 is 2.94 bits per heavy atom. The summed E-state index contributed by atoms with van der Waals surface area (Å²) in [5.41, 5.74) is 0.770. The number of likely N-dealkylation sites (tertiary alicyclic amines) is 1. The molecule has 17 heavy (non-hydrogen) atoms. The van der Waals surface area contributed by atoms with Gasteiger partial charge in [-0.2, -0.15) is 5.10 Å². The van der Waals surface area contributed by atoms with Crippen LogP contribution in [0.1, 0.15) is 31.9 Å². The van der Waals surface area contributed by atoms with Crippen LogP contribution in [0.25, 0.3) is 0 Å². The summed E-state index contributed by atoms with van der Waals surface area (Å²) >= 11 is 5.92. The third-order valence-corrected chi connectivity index (χ3v) is 3.68. The van der Waals surface area contributed by atoms with Gasteiger partial charge in [-0.3, -0.25) is 9.48 Å². The molecule has 1 aromatic heterocycles. The van der Waals surface area contributed by atoms with Crippen LogP contribution in [0.3, 0.4) is 0 Å². The van der Waals surface area contributed by atoms with Crippen LogP contribution in [0.4, 0.5) is 0 Å². The van der Waals surface area contributed by atoms with Gasteiger partial charge in [-0.1, -0.05) is 11.6 Å². The molecule has 94 valence electrons. The van der Waals surface area contributed by atoms with Gasteiger partial charge in [0.2, 0.25) is 5.91 Å². The molecule has 0 bridgehead atoms. The topological polar surface area (TPSA) is 38.1 Å². The number of carbonyl (C=O) groups is 1. The maximum atomic E-state index is 12.1. The number of nitrogens with zero attached hydrogens (tertiary/aromatic N) is 3. The standard InChI is InChI=1S/C12H18ClN3O/c1-9-5-3-4-6-16(9)12(17)8-15-7-11(13)10(2)14-15/h7,9H,3-6,8H2,1-2H3/t9-/m0/s1. The first-order valence-corrected chi connectivity index (χ1v) is 6.44. The van der Waals surface area contributed by atoms with Crippen LogP contribution < -0.4 is 0 Å². The predicted molar refractivity (Wildman–Crippen MR) is 67.0 cm³/mol. The second-order valence-corrected chi connectivity index (χ2v) is 5.10. The molecule has 1 aromatic rings. The highest BCUT2D eigenvalue weighted by molar-refractivity contribution is 6.31. The van der Waals surface area contributed by atoms with Crippen LogP contribution in [-0.4, -0.2) is 33.2 Å². The molecule has 5 heteroatoms. The summed E-state index contributed by atoms with van der Waals surface area (Å²) in [6.45, 7) is 5.11. The first-order valence-electron chi connectivity index (χ1n) is 6.07. The molecule has 1 aliphatic rings. The van der Waals surface area contributed by atoms with Gasteiger partial charge in [-0.15, -0.1) is 0 Å². The zero-order chi connectivity index (χ0) is 12.4. The molecule has 0 N–H and O–H groups in total. The predicted octanol–water partition coefficient (Wildman–Crippen LogP) is 2.25. The minimum atomic E-state index is 0.136. The van der Waals surface area contributed by atoms with Gasteiger partial charge < -0.3 is 4.90 Å². The number of rotatable bonds is 2. The third kappa shape index (κ3) is 2.80. The Morgan fingerprint density at radius 1 is 1.59 bits per heavy atom. The van der Waals surface area contributed by atoms with Crippen molar-refractivity contribution in [2.24, 2.45) is 0 Å². The Balaban J connectivity index is 2.00. The Hall–Kier alpha value is -1.03. The second-order valence-electron chi connectivity index (χ2n) is 4.69. The van der Waals surface area contributed by atoms with Crippen LogP contribution in [0.15, 0.2) is 6.20 Å². The number of hydrogen-bond donors (Lipinski definition) is 0. The van der Waals surface area contributed by atoms with E-state index in [4.69, 9.17) is 11.6 Å². The fraction of sp³-hybridized carbons (Fsp3) is 0.667. The molecule has 1 atom stereocenters. The van der Waals surface area contributed by atoms with E-state index in [1.807, 2.05) is 11.8 Å². The molecule has 1 aliphatic heterocycles. The van der Waals surface area contributed by atoms with Crippen molar-refractivity contribution < 1.29 is 4.79 Å². The quantitative estimate of drug-likeness (QED) is 0.813. The number of carbonyl (C=O) groups excluding carboxylic acids is 1. The molecule has 0 saturated carbocycles. The molecule has 0 aromatic carbocycles. The maximum absolute atomic E-state index is 12.1. The first-order chi connectivity index (χ1) is 8.08. The van der Waals surface area contributed by atoms with Gasteiger partial charge in [0.25, 0.3) is 0 Å². The minimum absolute atomic E-state index is 0.136. The molecule has 0 unspecified atom stereocenters. The van der Waals surface area contributed by atoms with Crippen LogP contribution in [-0.2, 0) is 11.3 Å². The lowest BCUT2D eigenvalue weighted by Gasteiger charge is -2.33. The lowest BCUT2D eigenvalue weighted by atomic mass is 10.0. The van der Waals surface area contributed by atoms with E-state index in [0.717, 1.165) is 25.1 Å². The van der Waals surface area contributed by atoms with Gasteiger partial charge in [0, 0.05) is 18.8 Å². The van der Waals surface area contributed by atoms with Crippen LogP contribution in [0.2, 0.25) is 5.02 Å². The van der Waals surface area contributed by atoms with Crippen molar-refractivity contribution in [3.05, 3.63) is 16.9 Å². The van der Waals surface area contributed by atoms with Crippen LogP contribution >= 0.6 is 11.6 Å². The van der Waals surface area contributed by atoms with Crippen LogP contribution in [0, 0.1) is 6.92 Å². The van der Waals surface area contributed by atoms with Crippen molar-refractivity contribution in [3.63, 3.8) is 0 Å². The summed E-state index contributed by atoms with van der Waals surface area (Å²) in [5.74, 6) is 0.136. The largest absolute Gasteiger partial charge is 0.338 e. The summed E-state index contributed by atoms with van der Waals surface area (Å²) in [6, 6.07) is 0.350. The molecule has 0 radical (unpaired) electrons. The molecule has 0 aliphatic carbocycles. The molecule has 0 spiro atoms. The molecular weight excluding hydrogens is 238 g/mol. The monoisotopic (exact) mass is 255 g/mol. The Labute approximate surface area is 107 Å². The number of aromatic nitrogens is 2. The summed E-state index contributed by atoms with van der Waals surface area (Å²) < 4.78 is 1.63. The smallest absolute Gasteiger partial charge is 0.244 e. The zero-order valence-corrected chi connectivity index (χ0v) is 11.1. The van der Waals surface area contributed by atoms with Crippen molar-refractivity contribution in [1.29, 1.82) is 0 Å². The summed E-state index contributed by atoms with van der Waals surface area (Å²) in [7, 11) is 0.